The van der Waals surface area contributed by atoms with Gasteiger partial charge in [-0.05, 0) is 36.7 Å². The number of thioether (sulfide) groups is 1. The van der Waals surface area contributed by atoms with E-state index in [1.807, 2.05) is 0 Å². The van der Waals surface area contributed by atoms with Gasteiger partial charge in [-0.15, -0.1) is 11.8 Å². The number of aliphatic hydroxyl groups excluding tert-OH is 1. The molecule has 17 heavy (non-hydrogen) atoms. The summed E-state index contributed by atoms with van der Waals surface area (Å²) in [4.78, 5) is 24.7. The van der Waals surface area contributed by atoms with Gasteiger partial charge in [0.05, 0.1) is 22.1 Å². The number of rotatable bonds is 2. The normalized spacial score (nSPS) is 40.8. The van der Waals surface area contributed by atoms with Crippen LogP contribution in [0.25, 0.3) is 0 Å². The highest BCUT2D eigenvalue weighted by atomic mass is 79.9. The molecule has 0 aromatic rings. The zero-order valence-corrected chi connectivity index (χ0v) is 12.1. The van der Waals surface area contributed by atoms with Gasteiger partial charge in [-0.25, -0.2) is 4.79 Å². The van der Waals surface area contributed by atoms with Crippen molar-refractivity contribution in [2.75, 3.05) is 0 Å². The highest BCUT2D eigenvalue weighted by molar-refractivity contribution is 9.10. The number of carbonyl (C=O) groups is 2. The Hall–Kier alpha value is -0.270. The predicted molar refractivity (Wildman–Crippen MR) is 66.8 cm³/mol. The third-order valence-electron chi connectivity index (χ3n) is 3.43. The lowest BCUT2D eigenvalue weighted by Crippen LogP contribution is -2.69. The molecule has 0 saturated carbocycles. The van der Waals surface area contributed by atoms with E-state index in [1.54, 1.807) is 20.8 Å². The van der Waals surface area contributed by atoms with Crippen LogP contribution >= 0.6 is 27.7 Å². The van der Waals surface area contributed by atoms with Gasteiger partial charge in [0.25, 0.3) is 0 Å². The summed E-state index contributed by atoms with van der Waals surface area (Å²) in [6.07, 6.45) is -0.754. The Morgan fingerprint density at radius 2 is 2.12 bits per heavy atom. The second-order valence-electron chi connectivity index (χ2n) is 4.92. The summed E-state index contributed by atoms with van der Waals surface area (Å²) < 4.78 is -2.04. The summed E-state index contributed by atoms with van der Waals surface area (Å²) in [7, 11) is 0. The molecule has 2 saturated heterocycles. The minimum Gasteiger partial charge on any atom is -0.479 e. The van der Waals surface area contributed by atoms with Crippen molar-refractivity contribution in [2.45, 2.75) is 41.4 Å². The second-order valence-corrected chi connectivity index (χ2v) is 7.81. The molecule has 0 spiro atoms. The van der Waals surface area contributed by atoms with Gasteiger partial charge in [0.1, 0.15) is 0 Å². The monoisotopic (exact) mass is 323 g/mol. The third kappa shape index (κ3) is 1.42. The molecule has 0 bridgehead atoms. The molecule has 7 heteroatoms. The largest absolute Gasteiger partial charge is 0.479 e. The number of halogens is 1. The molecule has 2 rings (SSSR count). The van der Waals surface area contributed by atoms with Crippen molar-refractivity contribution in [3.63, 3.8) is 0 Å². The molecule has 0 unspecified atom stereocenters. The van der Waals surface area contributed by atoms with E-state index in [0.29, 0.717) is 0 Å². The maximum Gasteiger partial charge on any atom is 0.342 e. The van der Waals surface area contributed by atoms with Crippen LogP contribution in [-0.4, -0.2) is 47.7 Å². The molecule has 96 valence electrons. The molecule has 2 heterocycles. The van der Waals surface area contributed by atoms with E-state index in [0.717, 1.165) is 0 Å². The van der Waals surface area contributed by atoms with Crippen molar-refractivity contribution in [2.24, 2.45) is 5.92 Å². The first kappa shape index (κ1) is 13.2. The van der Waals surface area contributed by atoms with Gasteiger partial charge in [0.2, 0.25) is 10.4 Å². The van der Waals surface area contributed by atoms with Crippen LogP contribution < -0.4 is 0 Å². The molecule has 0 aromatic heterocycles. The Morgan fingerprint density at radius 3 is 2.53 bits per heavy atom. The number of fused-ring (bicyclic) bond motifs is 1. The average molecular weight is 324 g/mol. The third-order valence-corrected chi connectivity index (χ3v) is 7.04. The van der Waals surface area contributed by atoms with Gasteiger partial charge in [0.15, 0.2) is 0 Å². The molecular weight excluding hydrogens is 310 g/mol. The Balaban J connectivity index is 2.40. The minimum absolute atomic E-state index is 0.270. The van der Waals surface area contributed by atoms with Crippen molar-refractivity contribution in [1.29, 1.82) is 0 Å². The summed E-state index contributed by atoms with van der Waals surface area (Å²) in [5, 5.41) is 18.6. The molecule has 2 aliphatic heterocycles. The molecule has 2 N–H and O–H groups in total. The van der Waals surface area contributed by atoms with E-state index >= 15 is 0 Å². The standard InChI is InChI=1S/C10H14BrNO4S/c1-4(13)5-6(14)12-7(5)17-9(2,3)10(12,11)8(15)16/h4-5,7,13H,1-3H3,(H,15,16)/t4-,5+,7+,10-/m0/s1. The van der Waals surface area contributed by atoms with E-state index in [1.165, 1.54) is 16.7 Å². The van der Waals surface area contributed by atoms with Gasteiger partial charge >= 0.3 is 5.97 Å². The van der Waals surface area contributed by atoms with Crippen LogP contribution in [0.3, 0.4) is 0 Å². The van der Waals surface area contributed by atoms with Crippen molar-refractivity contribution < 1.29 is 19.8 Å². The van der Waals surface area contributed by atoms with Crippen LogP contribution in [0, 0.1) is 5.92 Å². The van der Waals surface area contributed by atoms with Crippen LogP contribution in [0.1, 0.15) is 20.8 Å². The van der Waals surface area contributed by atoms with Crippen LogP contribution in [0.5, 0.6) is 0 Å². The van der Waals surface area contributed by atoms with E-state index < -0.39 is 27.2 Å². The van der Waals surface area contributed by atoms with Crippen LogP contribution in [0.15, 0.2) is 0 Å². The van der Waals surface area contributed by atoms with E-state index in [4.69, 9.17) is 0 Å². The van der Waals surface area contributed by atoms with Crippen molar-refractivity contribution >= 4 is 39.6 Å². The van der Waals surface area contributed by atoms with Gasteiger partial charge in [0, 0.05) is 0 Å². The summed E-state index contributed by atoms with van der Waals surface area (Å²) in [5.74, 6) is -1.88. The molecule has 2 aliphatic rings. The Bertz CT molecular complexity index is 400. The lowest BCUT2D eigenvalue weighted by molar-refractivity contribution is -0.170. The van der Waals surface area contributed by atoms with E-state index in [-0.39, 0.29) is 11.3 Å². The summed E-state index contributed by atoms with van der Waals surface area (Å²) >= 11 is 4.62. The molecule has 1 amide bonds. The molecule has 0 aromatic carbocycles. The number of carboxylic acids is 1. The minimum atomic E-state index is -1.39. The molecular formula is C10H14BrNO4S. The van der Waals surface area contributed by atoms with Crippen molar-refractivity contribution in [3.8, 4) is 0 Å². The highest BCUT2D eigenvalue weighted by Gasteiger charge is 2.72. The molecule has 0 radical (unpaired) electrons. The zero-order chi connectivity index (χ0) is 13.2. The first-order valence-corrected chi connectivity index (χ1v) is 6.93. The fourth-order valence-electron chi connectivity index (χ4n) is 2.41. The molecule has 4 atom stereocenters. The number of hydrogen-bond acceptors (Lipinski definition) is 4. The van der Waals surface area contributed by atoms with Gasteiger partial charge in [-0.2, -0.15) is 0 Å². The summed E-state index contributed by atoms with van der Waals surface area (Å²) in [6, 6.07) is 0. The maximum atomic E-state index is 12.0. The Morgan fingerprint density at radius 1 is 1.59 bits per heavy atom. The lowest BCUT2D eigenvalue weighted by Gasteiger charge is -2.48. The molecule has 5 nitrogen and oxygen atoms in total. The lowest BCUT2D eigenvalue weighted by atomic mass is 9.88. The number of aliphatic hydroxyl groups is 1. The van der Waals surface area contributed by atoms with Gasteiger partial charge in [-0.3, -0.25) is 4.79 Å². The molecule has 0 aliphatic carbocycles. The van der Waals surface area contributed by atoms with Crippen molar-refractivity contribution in [1.82, 2.24) is 4.90 Å². The van der Waals surface area contributed by atoms with Crippen LogP contribution in [-0.2, 0) is 9.59 Å². The number of hydrogen-bond donors (Lipinski definition) is 2. The van der Waals surface area contributed by atoms with Crippen LogP contribution in [0.4, 0.5) is 0 Å². The Labute approximate surface area is 112 Å². The fraction of sp³-hybridized carbons (Fsp3) is 0.800. The highest BCUT2D eigenvalue weighted by Crippen LogP contribution is 2.61. The van der Waals surface area contributed by atoms with Gasteiger partial charge in [-0.1, -0.05) is 0 Å². The SMILES string of the molecule is C[C@H](O)[C@@H]1C(=O)N2[C@@H]1SC(C)(C)[C@]2(Br)C(=O)O. The summed E-state index contributed by atoms with van der Waals surface area (Å²) in [5.41, 5.74) is 0. The first-order chi connectivity index (χ1) is 7.64. The zero-order valence-electron chi connectivity index (χ0n) is 9.68. The van der Waals surface area contributed by atoms with E-state index in [9.17, 15) is 19.8 Å². The second kappa shape index (κ2) is 3.61. The quantitative estimate of drug-likeness (QED) is 0.447. The number of aliphatic carboxylic acids is 1. The fourth-order valence-corrected chi connectivity index (χ4v) is 5.03. The number of alkyl halides is 1. The first-order valence-electron chi connectivity index (χ1n) is 5.26. The topological polar surface area (TPSA) is 77.8 Å². The molecule has 2 fully saturated rings. The number of carboxylic acid groups (broad SMARTS) is 1. The summed E-state index contributed by atoms with van der Waals surface area (Å²) in [6.45, 7) is 5.12. The smallest absolute Gasteiger partial charge is 0.342 e. The predicted octanol–water partition coefficient (Wildman–Crippen LogP) is 0.853. The maximum absolute atomic E-state index is 12.0. The van der Waals surface area contributed by atoms with E-state index in [2.05, 4.69) is 15.9 Å². The number of nitrogens with zero attached hydrogens (tertiary/aromatic N) is 1. The Kier molecular flexibility index (Phi) is 2.80. The number of carbonyl (C=O) groups excluding carboxylic acids is 1. The average Bonchev–Trinajstić information content (AvgIpc) is 2.31. The number of amides is 1. The van der Waals surface area contributed by atoms with Crippen molar-refractivity contribution in [3.05, 3.63) is 0 Å². The van der Waals surface area contributed by atoms with Gasteiger partial charge < -0.3 is 15.1 Å². The number of β-lactam (4-membered cyclic amide) rings is 1. The van der Waals surface area contributed by atoms with Crippen LogP contribution in [0.2, 0.25) is 0 Å².